The van der Waals surface area contributed by atoms with Gasteiger partial charge in [0.2, 0.25) is 10.0 Å². The van der Waals surface area contributed by atoms with Gasteiger partial charge < -0.3 is 10.1 Å². The van der Waals surface area contributed by atoms with E-state index in [1.54, 1.807) is 0 Å². The zero-order valence-corrected chi connectivity index (χ0v) is 15.5. The molecule has 0 bridgehead atoms. The molecule has 0 aliphatic carbocycles. The number of piperazine rings is 1. The summed E-state index contributed by atoms with van der Waals surface area (Å²) in [5.74, 6) is -5.07. The smallest absolute Gasteiger partial charge is 0.263 e. The van der Waals surface area contributed by atoms with Crippen molar-refractivity contribution in [3.05, 3.63) is 53.8 Å². The van der Waals surface area contributed by atoms with Gasteiger partial charge in [0.15, 0.2) is 17.4 Å². The summed E-state index contributed by atoms with van der Waals surface area (Å²) in [5, 5.41) is 11.6. The summed E-state index contributed by atoms with van der Waals surface area (Å²) >= 11 is 0. The second-order valence-corrected chi connectivity index (χ2v) is 7.97. The van der Waals surface area contributed by atoms with E-state index in [0.717, 1.165) is 28.6 Å². The maximum atomic E-state index is 14.4. The first-order chi connectivity index (χ1) is 13.7. The number of nitrogens with one attached hydrogen (secondary N) is 2. The lowest BCUT2D eigenvalue weighted by Crippen LogP contribution is -2.59. The Bertz CT molecular complexity index is 994. The molecule has 2 aromatic carbocycles. The van der Waals surface area contributed by atoms with Crippen LogP contribution in [0.1, 0.15) is 0 Å². The van der Waals surface area contributed by atoms with Crippen LogP contribution in [0.4, 0.5) is 13.2 Å². The van der Waals surface area contributed by atoms with Gasteiger partial charge in [0.05, 0.1) is 4.90 Å². The highest BCUT2D eigenvalue weighted by molar-refractivity contribution is 7.89. The van der Waals surface area contributed by atoms with E-state index in [9.17, 15) is 26.4 Å². The number of hydrogen-bond donors (Lipinski definition) is 3. The lowest BCUT2D eigenvalue weighted by atomic mass is 10.2. The standard InChI is InChI=1S/C17H16F3N3O5S/c18-10-1-3-11(4-2-10)28-16-13(19)7-12(8-14(16)20)29(26,27)23-6-5-21-9-15(23)17(24)22-25/h1-4,7-8,15,21,25H,5-6,9H2,(H,22,24)/t15-/m1/s1. The lowest BCUT2D eigenvalue weighted by Gasteiger charge is -2.33. The molecule has 1 fully saturated rings. The van der Waals surface area contributed by atoms with Crippen molar-refractivity contribution < 1.29 is 36.3 Å². The fraction of sp³-hybridized carbons (Fsp3) is 0.235. The van der Waals surface area contributed by atoms with Crippen molar-refractivity contribution in [3.8, 4) is 11.5 Å². The Labute approximate surface area is 163 Å². The molecule has 12 heteroatoms. The molecule has 1 aliphatic heterocycles. The van der Waals surface area contributed by atoms with Gasteiger partial charge in [0, 0.05) is 19.6 Å². The third kappa shape index (κ3) is 4.34. The van der Waals surface area contributed by atoms with E-state index in [2.05, 4.69) is 5.32 Å². The van der Waals surface area contributed by atoms with E-state index in [4.69, 9.17) is 9.94 Å². The van der Waals surface area contributed by atoms with Crippen LogP contribution < -0.4 is 15.5 Å². The Balaban J connectivity index is 1.94. The zero-order valence-electron chi connectivity index (χ0n) is 14.7. The topological polar surface area (TPSA) is 108 Å². The average molecular weight is 431 g/mol. The number of hydroxylamine groups is 1. The predicted molar refractivity (Wildman–Crippen MR) is 93.3 cm³/mol. The molecule has 3 rings (SSSR count). The van der Waals surface area contributed by atoms with Crippen molar-refractivity contribution in [1.82, 2.24) is 15.1 Å². The molecule has 1 atom stereocenters. The van der Waals surface area contributed by atoms with E-state index >= 15 is 0 Å². The minimum Gasteiger partial charge on any atom is -0.451 e. The summed E-state index contributed by atoms with van der Waals surface area (Å²) in [7, 11) is -4.47. The summed E-state index contributed by atoms with van der Waals surface area (Å²) in [6, 6.07) is 4.18. The molecular formula is C17H16F3N3O5S. The number of amides is 1. The van der Waals surface area contributed by atoms with E-state index in [1.165, 1.54) is 5.48 Å². The second-order valence-electron chi connectivity index (χ2n) is 6.08. The largest absolute Gasteiger partial charge is 0.451 e. The second kappa shape index (κ2) is 8.37. The highest BCUT2D eigenvalue weighted by atomic mass is 32.2. The summed E-state index contributed by atoms with van der Waals surface area (Å²) < 4.78 is 73.3. The third-order valence-corrected chi connectivity index (χ3v) is 6.10. The van der Waals surface area contributed by atoms with Crippen LogP contribution in [0, 0.1) is 17.5 Å². The van der Waals surface area contributed by atoms with Crippen LogP contribution in [-0.2, 0) is 14.8 Å². The fourth-order valence-electron chi connectivity index (χ4n) is 2.81. The fourth-order valence-corrected chi connectivity index (χ4v) is 4.42. The lowest BCUT2D eigenvalue weighted by molar-refractivity contribution is -0.133. The molecule has 1 saturated heterocycles. The average Bonchev–Trinajstić information content (AvgIpc) is 2.71. The molecule has 0 radical (unpaired) electrons. The van der Waals surface area contributed by atoms with Crippen LogP contribution in [-0.4, -0.2) is 49.5 Å². The van der Waals surface area contributed by atoms with Crippen LogP contribution in [0.25, 0.3) is 0 Å². The van der Waals surface area contributed by atoms with Crippen LogP contribution in [0.3, 0.4) is 0 Å². The maximum absolute atomic E-state index is 14.4. The van der Waals surface area contributed by atoms with Gasteiger partial charge in [-0.3, -0.25) is 10.0 Å². The number of sulfonamides is 1. The first-order valence-corrected chi connectivity index (χ1v) is 9.77. The molecule has 1 aliphatic rings. The molecular weight excluding hydrogens is 415 g/mol. The van der Waals surface area contributed by atoms with Crippen LogP contribution in [0.5, 0.6) is 11.5 Å². The van der Waals surface area contributed by atoms with E-state index in [1.807, 2.05) is 0 Å². The summed E-state index contributed by atoms with van der Waals surface area (Å²) in [4.78, 5) is 11.0. The van der Waals surface area contributed by atoms with Crippen molar-refractivity contribution in [1.29, 1.82) is 0 Å². The quantitative estimate of drug-likeness (QED) is 0.488. The molecule has 3 N–H and O–H groups in total. The van der Waals surface area contributed by atoms with Crippen molar-refractivity contribution >= 4 is 15.9 Å². The summed E-state index contributed by atoms with van der Waals surface area (Å²) in [6.07, 6.45) is 0. The van der Waals surface area contributed by atoms with E-state index in [0.29, 0.717) is 12.1 Å². The monoisotopic (exact) mass is 431 g/mol. The Morgan fingerprint density at radius 1 is 1.17 bits per heavy atom. The highest BCUT2D eigenvalue weighted by Gasteiger charge is 2.38. The predicted octanol–water partition coefficient (Wildman–Crippen LogP) is 1.36. The Hall–Kier alpha value is -2.67. The van der Waals surface area contributed by atoms with Gasteiger partial charge in [0.1, 0.15) is 17.6 Å². The summed E-state index contributed by atoms with van der Waals surface area (Å²) in [5.41, 5.74) is 1.37. The number of benzene rings is 2. The van der Waals surface area contributed by atoms with Gasteiger partial charge in [-0.05, 0) is 36.4 Å². The van der Waals surface area contributed by atoms with Gasteiger partial charge in [-0.15, -0.1) is 0 Å². The Morgan fingerprint density at radius 2 is 1.79 bits per heavy atom. The molecule has 1 amide bonds. The van der Waals surface area contributed by atoms with Crippen molar-refractivity contribution in [2.75, 3.05) is 19.6 Å². The molecule has 8 nitrogen and oxygen atoms in total. The van der Waals surface area contributed by atoms with Crippen molar-refractivity contribution in [2.45, 2.75) is 10.9 Å². The summed E-state index contributed by atoms with van der Waals surface area (Å²) in [6.45, 7) is -0.0506. The molecule has 1 heterocycles. The molecule has 2 aromatic rings. The molecule has 0 unspecified atom stereocenters. The third-order valence-electron chi connectivity index (χ3n) is 4.22. The number of halogens is 3. The molecule has 0 spiro atoms. The van der Waals surface area contributed by atoms with Crippen LogP contribution in [0.2, 0.25) is 0 Å². The minimum atomic E-state index is -4.47. The van der Waals surface area contributed by atoms with Gasteiger partial charge in [-0.2, -0.15) is 4.31 Å². The van der Waals surface area contributed by atoms with Gasteiger partial charge in [-0.1, -0.05) is 0 Å². The highest BCUT2D eigenvalue weighted by Crippen LogP contribution is 2.31. The van der Waals surface area contributed by atoms with Crippen LogP contribution in [0.15, 0.2) is 41.3 Å². The first-order valence-electron chi connectivity index (χ1n) is 8.33. The number of hydrogen-bond acceptors (Lipinski definition) is 6. The SMILES string of the molecule is O=C(NO)[C@H]1CNCCN1S(=O)(=O)c1cc(F)c(Oc2ccc(F)cc2)c(F)c1. The maximum Gasteiger partial charge on any atom is 0.263 e. The molecule has 29 heavy (non-hydrogen) atoms. The zero-order chi connectivity index (χ0) is 21.2. The van der Waals surface area contributed by atoms with Gasteiger partial charge in [0.25, 0.3) is 5.91 Å². The Kier molecular flexibility index (Phi) is 6.07. The minimum absolute atomic E-state index is 0.0541. The van der Waals surface area contributed by atoms with Gasteiger partial charge >= 0.3 is 0 Å². The molecule has 0 saturated carbocycles. The van der Waals surface area contributed by atoms with Crippen molar-refractivity contribution in [2.24, 2.45) is 0 Å². The van der Waals surface area contributed by atoms with Crippen molar-refractivity contribution in [3.63, 3.8) is 0 Å². The molecule has 156 valence electrons. The number of nitrogens with zero attached hydrogens (tertiary/aromatic N) is 1. The number of ether oxygens (including phenoxy) is 1. The number of rotatable bonds is 5. The molecule has 0 aromatic heterocycles. The normalized spacial score (nSPS) is 17.7. The van der Waals surface area contributed by atoms with Gasteiger partial charge in [-0.25, -0.2) is 27.1 Å². The Morgan fingerprint density at radius 3 is 2.38 bits per heavy atom. The van der Waals surface area contributed by atoms with Crippen LogP contribution >= 0.6 is 0 Å². The number of carbonyl (C=O) groups is 1. The number of carbonyl (C=O) groups excluding carboxylic acids is 1. The van der Waals surface area contributed by atoms with E-state index < -0.39 is 50.1 Å². The van der Waals surface area contributed by atoms with E-state index in [-0.39, 0.29) is 25.4 Å². The first kappa shape index (κ1) is 21.0.